The van der Waals surface area contributed by atoms with Crippen LogP contribution >= 0.6 is 0 Å². The van der Waals surface area contributed by atoms with Crippen LogP contribution in [0, 0.1) is 0 Å². The van der Waals surface area contributed by atoms with E-state index in [-0.39, 0.29) is 5.91 Å². The molecule has 0 spiro atoms. The molecular formula is C49H98N3O+. The second-order valence-corrected chi connectivity index (χ2v) is 17.3. The van der Waals surface area contributed by atoms with Gasteiger partial charge in [-0.1, -0.05) is 251 Å². The van der Waals surface area contributed by atoms with Crippen LogP contribution in [0.4, 0.5) is 0 Å². The van der Waals surface area contributed by atoms with Crippen LogP contribution in [-0.2, 0) is 4.79 Å². The Kier molecular flexibility index (Phi) is 40.0. The molecule has 4 nitrogen and oxygen atoms in total. The molecule has 0 saturated carbocycles. The standard InChI is InChI=1S/C49H97N3O/c1-3-5-7-9-11-13-15-17-19-21-23-25-26-28-30-32-34-36-38-40-42-48-50-44-46-52(48)47-45-51-49(53)43-41-39-37-35-33-31-29-27-24-22-20-18-16-14-12-10-8-6-4-2/h46,48,50H,3-45,47H2,1-2H3/p+1. The minimum absolute atomic E-state index is 0.245. The number of carbonyl (C=O) groups is 1. The largest absolute Gasteiger partial charge is 0.350 e. The third kappa shape index (κ3) is 36.5. The molecule has 0 aliphatic carbocycles. The highest BCUT2D eigenvalue weighted by atomic mass is 16.1. The van der Waals surface area contributed by atoms with E-state index in [2.05, 4.69) is 35.3 Å². The van der Waals surface area contributed by atoms with E-state index in [9.17, 15) is 4.79 Å². The van der Waals surface area contributed by atoms with Crippen LogP contribution in [-0.4, -0.2) is 42.5 Å². The molecule has 1 unspecified atom stereocenters. The van der Waals surface area contributed by atoms with Gasteiger partial charge in [-0.25, -0.2) is 9.89 Å². The van der Waals surface area contributed by atoms with Gasteiger partial charge in [0.05, 0.1) is 13.1 Å². The van der Waals surface area contributed by atoms with Gasteiger partial charge in [-0.3, -0.25) is 4.79 Å². The second-order valence-electron chi connectivity index (χ2n) is 17.3. The van der Waals surface area contributed by atoms with Crippen LogP contribution in [0.25, 0.3) is 0 Å². The lowest BCUT2D eigenvalue weighted by Gasteiger charge is -2.12. The summed E-state index contributed by atoms with van der Waals surface area (Å²) in [5.74, 6) is 0.245. The molecule has 0 saturated heterocycles. The lowest BCUT2D eigenvalue weighted by atomic mass is 10.0. The van der Waals surface area contributed by atoms with Crippen molar-refractivity contribution in [3.05, 3.63) is 0 Å². The van der Waals surface area contributed by atoms with E-state index in [0.717, 1.165) is 26.1 Å². The van der Waals surface area contributed by atoms with Crippen molar-refractivity contribution in [3.63, 3.8) is 0 Å². The molecule has 314 valence electrons. The summed E-state index contributed by atoms with van der Waals surface area (Å²) in [5.41, 5.74) is 0. The van der Waals surface area contributed by atoms with Gasteiger partial charge in [0.1, 0.15) is 0 Å². The van der Waals surface area contributed by atoms with Crippen LogP contribution in [0.15, 0.2) is 0 Å². The monoisotopic (exact) mass is 745 g/mol. The number of unbranched alkanes of at least 4 members (excludes halogenated alkanes) is 37. The van der Waals surface area contributed by atoms with Gasteiger partial charge >= 0.3 is 0 Å². The van der Waals surface area contributed by atoms with Crippen LogP contribution in [0.3, 0.4) is 0 Å². The van der Waals surface area contributed by atoms with Crippen molar-refractivity contribution in [1.82, 2.24) is 10.6 Å². The molecule has 1 aliphatic rings. The van der Waals surface area contributed by atoms with E-state index in [1.54, 1.807) is 0 Å². The van der Waals surface area contributed by atoms with Crippen molar-refractivity contribution in [2.75, 3.05) is 19.6 Å². The first-order valence-corrected chi connectivity index (χ1v) is 24.9. The van der Waals surface area contributed by atoms with Crippen molar-refractivity contribution >= 4 is 12.1 Å². The third-order valence-corrected chi connectivity index (χ3v) is 12.1. The molecule has 0 radical (unpaired) electrons. The van der Waals surface area contributed by atoms with Crippen LogP contribution in [0.1, 0.15) is 277 Å². The number of amides is 1. The zero-order chi connectivity index (χ0) is 38.0. The summed E-state index contributed by atoms with van der Waals surface area (Å²) in [6, 6.07) is 0. The van der Waals surface area contributed by atoms with Gasteiger partial charge in [0, 0.05) is 12.8 Å². The molecule has 1 atom stereocenters. The first kappa shape index (κ1) is 50.1. The molecule has 1 rings (SSSR count). The van der Waals surface area contributed by atoms with E-state index >= 15 is 0 Å². The van der Waals surface area contributed by atoms with Gasteiger partial charge < -0.3 is 5.32 Å². The summed E-state index contributed by atoms with van der Waals surface area (Å²) in [6.45, 7) is 7.28. The van der Waals surface area contributed by atoms with Crippen molar-refractivity contribution < 1.29 is 9.37 Å². The Morgan fingerprint density at radius 2 is 0.774 bits per heavy atom. The summed E-state index contributed by atoms with van der Waals surface area (Å²) >= 11 is 0. The maximum atomic E-state index is 12.4. The Bertz CT molecular complexity index is 767. The van der Waals surface area contributed by atoms with E-state index in [4.69, 9.17) is 0 Å². The smallest absolute Gasteiger partial charge is 0.220 e. The van der Waals surface area contributed by atoms with Crippen LogP contribution < -0.4 is 10.6 Å². The SMILES string of the molecule is CCCCCCCCCCCCCCCCCCCCCCC1NCC=[N+]1CCNC(=O)CCCCCCCCCCCCCCCCCCCCC. The third-order valence-electron chi connectivity index (χ3n) is 12.1. The highest BCUT2D eigenvalue weighted by Gasteiger charge is 2.24. The van der Waals surface area contributed by atoms with E-state index in [0.29, 0.717) is 12.6 Å². The number of rotatable bonds is 44. The lowest BCUT2D eigenvalue weighted by molar-refractivity contribution is -0.558. The molecule has 1 heterocycles. The zero-order valence-corrected chi connectivity index (χ0v) is 36.6. The average molecular weight is 745 g/mol. The highest BCUT2D eigenvalue weighted by molar-refractivity contribution is 5.75. The molecule has 53 heavy (non-hydrogen) atoms. The fraction of sp³-hybridized carbons (Fsp3) is 0.959. The van der Waals surface area contributed by atoms with Gasteiger partial charge in [-0.2, -0.15) is 0 Å². The Morgan fingerprint density at radius 3 is 1.11 bits per heavy atom. The Morgan fingerprint density at radius 1 is 0.472 bits per heavy atom. The molecule has 1 aliphatic heterocycles. The van der Waals surface area contributed by atoms with Crippen LogP contribution in [0.2, 0.25) is 0 Å². The van der Waals surface area contributed by atoms with Crippen molar-refractivity contribution in [1.29, 1.82) is 0 Å². The predicted molar refractivity (Wildman–Crippen MR) is 237 cm³/mol. The number of hydrogen-bond acceptors (Lipinski definition) is 2. The van der Waals surface area contributed by atoms with Gasteiger partial charge in [0.2, 0.25) is 12.1 Å². The van der Waals surface area contributed by atoms with Crippen molar-refractivity contribution in [2.45, 2.75) is 283 Å². The minimum atomic E-state index is 0.245. The molecule has 0 aromatic carbocycles. The zero-order valence-electron chi connectivity index (χ0n) is 36.6. The van der Waals surface area contributed by atoms with Gasteiger partial charge in [-0.15, -0.1) is 0 Å². The molecular weight excluding hydrogens is 647 g/mol. The van der Waals surface area contributed by atoms with Gasteiger partial charge in [0.25, 0.3) is 0 Å². The number of nitrogens with one attached hydrogen (secondary N) is 2. The number of nitrogens with zero attached hydrogens (tertiary/aromatic N) is 1. The highest BCUT2D eigenvalue weighted by Crippen LogP contribution is 2.17. The fourth-order valence-corrected chi connectivity index (χ4v) is 8.44. The van der Waals surface area contributed by atoms with E-state index in [1.165, 1.54) is 250 Å². The normalized spacial score (nSPS) is 14.3. The lowest BCUT2D eigenvalue weighted by Crippen LogP contribution is -2.37. The van der Waals surface area contributed by atoms with Gasteiger partial charge in [0.15, 0.2) is 12.8 Å². The van der Waals surface area contributed by atoms with E-state index in [1.807, 2.05) is 0 Å². The summed E-state index contributed by atoms with van der Waals surface area (Å²) in [4.78, 5) is 12.4. The van der Waals surface area contributed by atoms with Crippen LogP contribution in [0.5, 0.6) is 0 Å². The quantitative estimate of drug-likeness (QED) is 0.0482. The second kappa shape index (κ2) is 42.2. The summed E-state index contributed by atoms with van der Waals surface area (Å²) in [6.07, 6.45) is 59.8. The summed E-state index contributed by atoms with van der Waals surface area (Å²) in [5, 5.41) is 6.84. The topological polar surface area (TPSA) is 44.1 Å². The van der Waals surface area contributed by atoms with Crippen molar-refractivity contribution in [3.8, 4) is 0 Å². The molecule has 0 bridgehead atoms. The molecule has 0 fully saturated rings. The predicted octanol–water partition coefficient (Wildman–Crippen LogP) is 15.1. The molecule has 0 aromatic rings. The van der Waals surface area contributed by atoms with E-state index < -0.39 is 0 Å². The summed E-state index contributed by atoms with van der Waals surface area (Å²) < 4.78 is 2.44. The molecule has 0 aromatic heterocycles. The number of hydrogen-bond donors (Lipinski definition) is 2. The molecule has 2 N–H and O–H groups in total. The Labute approximate surface area is 334 Å². The summed E-state index contributed by atoms with van der Waals surface area (Å²) in [7, 11) is 0. The average Bonchev–Trinajstić information content (AvgIpc) is 3.61. The fourth-order valence-electron chi connectivity index (χ4n) is 8.44. The maximum Gasteiger partial charge on any atom is 0.220 e. The van der Waals surface area contributed by atoms with Crippen molar-refractivity contribution in [2.24, 2.45) is 0 Å². The first-order chi connectivity index (χ1) is 26.3. The Hall–Kier alpha value is -0.900. The molecule has 4 heteroatoms. The maximum absolute atomic E-state index is 12.4. The molecule has 1 amide bonds. The Balaban J connectivity index is 1.79. The number of carbonyl (C=O) groups excluding carboxylic acids is 1. The van der Waals surface area contributed by atoms with Gasteiger partial charge in [-0.05, 0) is 12.8 Å². The first-order valence-electron chi connectivity index (χ1n) is 24.9. The minimum Gasteiger partial charge on any atom is -0.350 e.